The molecule has 1 aliphatic heterocycles. The van der Waals surface area contributed by atoms with Crippen molar-refractivity contribution >= 4 is 35.6 Å². The summed E-state index contributed by atoms with van der Waals surface area (Å²) in [7, 11) is 0. The highest BCUT2D eigenvalue weighted by molar-refractivity contribution is 14.0. The molecule has 0 bridgehead atoms. The van der Waals surface area contributed by atoms with Crippen molar-refractivity contribution in [1.29, 1.82) is 0 Å². The van der Waals surface area contributed by atoms with Gasteiger partial charge in [0, 0.05) is 12.3 Å². The van der Waals surface area contributed by atoms with Gasteiger partial charge in [-0.15, -0.1) is 24.0 Å². The van der Waals surface area contributed by atoms with Crippen molar-refractivity contribution in [3.63, 3.8) is 0 Å². The fraction of sp³-hybridized carbons (Fsp3) is 0.562. The van der Waals surface area contributed by atoms with Gasteiger partial charge in [0.2, 0.25) is 0 Å². The van der Waals surface area contributed by atoms with E-state index in [1.54, 1.807) is 0 Å². The van der Waals surface area contributed by atoms with Crippen LogP contribution in [0, 0.1) is 13.8 Å². The highest BCUT2D eigenvalue weighted by Crippen LogP contribution is 2.14. The summed E-state index contributed by atoms with van der Waals surface area (Å²) in [5.41, 5.74) is 9.31. The Hall–Kier alpha value is -0.860. The zero-order chi connectivity index (χ0) is 15.1. The molecule has 0 aliphatic carbocycles. The van der Waals surface area contributed by atoms with Crippen LogP contribution in [0.25, 0.3) is 0 Å². The van der Waals surface area contributed by atoms with Gasteiger partial charge in [-0.25, -0.2) is 0 Å². The number of benzene rings is 1. The van der Waals surface area contributed by atoms with Gasteiger partial charge in [0.05, 0.1) is 25.9 Å². The Bertz CT molecular complexity index is 488. The minimum atomic E-state index is 0. The van der Waals surface area contributed by atoms with Crippen LogP contribution < -0.4 is 11.1 Å². The third-order valence-electron chi connectivity index (χ3n) is 3.62. The third-order valence-corrected chi connectivity index (χ3v) is 3.62. The van der Waals surface area contributed by atoms with Crippen molar-refractivity contribution in [2.24, 2.45) is 10.7 Å². The van der Waals surface area contributed by atoms with Crippen molar-refractivity contribution in [3.8, 4) is 0 Å². The second kappa shape index (κ2) is 10.0. The summed E-state index contributed by atoms with van der Waals surface area (Å²) in [6.07, 6.45) is 2.50. The molecule has 0 saturated carbocycles. The van der Waals surface area contributed by atoms with Crippen molar-refractivity contribution in [3.05, 3.63) is 29.3 Å². The molecule has 3 N–H and O–H groups in total. The molecule has 1 saturated heterocycles. The molecule has 6 heteroatoms. The number of guanidine groups is 1. The zero-order valence-electron chi connectivity index (χ0n) is 13.3. The van der Waals surface area contributed by atoms with Crippen LogP contribution >= 0.6 is 24.0 Å². The lowest BCUT2D eigenvalue weighted by Gasteiger charge is -2.10. The topological polar surface area (TPSA) is 68.9 Å². The molecule has 1 heterocycles. The average Bonchev–Trinajstić information content (AvgIpc) is 2.96. The molecule has 1 unspecified atom stereocenters. The van der Waals surface area contributed by atoms with Crippen LogP contribution in [0.1, 0.15) is 24.0 Å². The number of hydrogen-bond donors (Lipinski definition) is 2. The molecule has 2 rings (SSSR count). The fourth-order valence-corrected chi connectivity index (χ4v) is 2.23. The summed E-state index contributed by atoms with van der Waals surface area (Å²) in [6.45, 7) is 6.79. The molecule has 1 aliphatic rings. The highest BCUT2D eigenvalue weighted by Gasteiger charge is 2.14. The van der Waals surface area contributed by atoms with Gasteiger partial charge in [0.25, 0.3) is 0 Å². The monoisotopic (exact) mass is 419 g/mol. The number of anilines is 1. The van der Waals surface area contributed by atoms with Crippen LogP contribution in [0.3, 0.4) is 0 Å². The molecule has 124 valence electrons. The molecule has 1 fully saturated rings. The average molecular weight is 419 g/mol. The van der Waals surface area contributed by atoms with Crippen LogP contribution in [0.5, 0.6) is 0 Å². The second-order valence-corrected chi connectivity index (χ2v) is 5.40. The number of rotatable bonds is 6. The molecule has 0 radical (unpaired) electrons. The molecule has 0 aromatic heterocycles. The Labute approximate surface area is 149 Å². The highest BCUT2D eigenvalue weighted by atomic mass is 127. The van der Waals surface area contributed by atoms with Gasteiger partial charge in [-0.05, 0) is 49.9 Å². The van der Waals surface area contributed by atoms with Gasteiger partial charge in [0.1, 0.15) is 0 Å². The van der Waals surface area contributed by atoms with Gasteiger partial charge in [0.15, 0.2) is 5.96 Å². The van der Waals surface area contributed by atoms with E-state index in [0.29, 0.717) is 25.7 Å². The van der Waals surface area contributed by atoms with Crippen molar-refractivity contribution in [2.75, 3.05) is 31.7 Å². The van der Waals surface area contributed by atoms with E-state index >= 15 is 0 Å². The number of nitrogens with two attached hydrogens (primary N) is 1. The lowest BCUT2D eigenvalue weighted by molar-refractivity contribution is 0.0200. The van der Waals surface area contributed by atoms with Gasteiger partial charge in [-0.2, -0.15) is 0 Å². The van der Waals surface area contributed by atoms with Crippen LogP contribution in [-0.4, -0.2) is 38.4 Å². The first-order chi connectivity index (χ1) is 10.1. The minimum absolute atomic E-state index is 0. The van der Waals surface area contributed by atoms with Crippen molar-refractivity contribution in [2.45, 2.75) is 32.8 Å². The van der Waals surface area contributed by atoms with Crippen LogP contribution in [0.2, 0.25) is 0 Å². The predicted molar refractivity (Wildman–Crippen MR) is 101 cm³/mol. The Morgan fingerprint density at radius 1 is 1.41 bits per heavy atom. The van der Waals surface area contributed by atoms with Crippen LogP contribution in [0.15, 0.2) is 23.2 Å². The summed E-state index contributed by atoms with van der Waals surface area (Å²) < 4.78 is 11.0. The lowest BCUT2D eigenvalue weighted by Crippen LogP contribution is -2.23. The Balaban J connectivity index is 0.00000242. The number of aryl methyl sites for hydroxylation is 2. The number of aliphatic imine (C=N–C) groups is 1. The Kier molecular flexibility index (Phi) is 8.74. The molecule has 0 amide bonds. The number of ether oxygens (including phenoxy) is 2. The summed E-state index contributed by atoms with van der Waals surface area (Å²) in [6, 6.07) is 6.12. The van der Waals surface area contributed by atoms with Crippen molar-refractivity contribution < 1.29 is 9.47 Å². The first kappa shape index (κ1) is 19.2. The molecular formula is C16H26IN3O2. The van der Waals surface area contributed by atoms with Gasteiger partial charge < -0.3 is 20.5 Å². The molecular weight excluding hydrogens is 393 g/mol. The lowest BCUT2D eigenvalue weighted by atomic mass is 10.1. The van der Waals surface area contributed by atoms with E-state index in [1.165, 1.54) is 11.1 Å². The quantitative estimate of drug-likeness (QED) is 0.322. The van der Waals surface area contributed by atoms with Gasteiger partial charge in [-0.3, -0.25) is 4.99 Å². The summed E-state index contributed by atoms with van der Waals surface area (Å²) in [5, 5.41) is 3.09. The molecule has 1 aromatic carbocycles. The van der Waals surface area contributed by atoms with E-state index in [0.717, 1.165) is 25.1 Å². The first-order valence-corrected chi connectivity index (χ1v) is 7.48. The first-order valence-electron chi connectivity index (χ1n) is 7.48. The SMILES string of the molecule is Cc1ccc(NC(N)=NCCOCC2CCCO2)cc1C.I. The van der Waals surface area contributed by atoms with E-state index in [-0.39, 0.29) is 30.1 Å². The molecule has 5 nitrogen and oxygen atoms in total. The Morgan fingerprint density at radius 3 is 2.91 bits per heavy atom. The van der Waals surface area contributed by atoms with Gasteiger partial charge in [-0.1, -0.05) is 6.07 Å². The van der Waals surface area contributed by atoms with Gasteiger partial charge >= 0.3 is 0 Å². The third kappa shape index (κ3) is 6.50. The Morgan fingerprint density at radius 2 is 2.23 bits per heavy atom. The largest absolute Gasteiger partial charge is 0.377 e. The number of hydrogen-bond acceptors (Lipinski definition) is 3. The van der Waals surface area contributed by atoms with Crippen LogP contribution in [0.4, 0.5) is 5.69 Å². The fourth-order valence-electron chi connectivity index (χ4n) is 2.23. The molecule has 0 spiro atoms. The molecule has 22 heavy (non-hydrogen) atoms. The van der Waals surface area contributed by atoms with Crippen LogP contribution in [-0.2, 0) is 9.47 Å². The van der Waals surface area contributed by atoms with E-state index in [9.17, 15) is 0 Å². The second-order valence-electron chi connectivity index (χ2n) is 5.40. The number of halogens is 1. The van der Waals surface area contributed by atoms with E-state index < -0.39 is 0 Å². The maximum Gasteiger partial charge on any atom is 0.193 e. The standard InChI is InChI=1S/C16H25N3O2.HI/c1-12-5-6-14(10-13(12)2)19-16(17)18-7-9-20-11-15-4-3-8-21-15;/h5-6,10,15H,3-4,7-9,11H2,1-2H3,(H3,17,18,19);1H. The number of nitrogens with zero attached hydrogens (tertiary/aromatic N) is 1. The molecule has 1 atom stereocenters. The number of nitrogens with one attached hydrogen (secondary N) is 1. The van der Waals surface area contributed by atoms with Crippen molar-refractivity contribution in [1.82, 2.24) is 0 Å². The normalized spacial score (nSPS) is 18.1. The van der Waals surface area contributed by atoms with E-state index in [2.05, 4.69) is 36.3 Å². The predicted octanol–water partition coefficient (Wildman–Crippen LogP) is 2.84. The van der Waals surface area contributed by atoms with E-state index in [1.807, 2.05) is 6.07 Å². The molecule has 1 aromatic rings. The zero-order valence-corrected chi connectivity index (χ0v) is 15.6. The summed E-state index contributed by atoms with van der Waals surface area (Å²) in [5.74, 6) is 0.416. The maximum absolute atomic E-state index is 5.86. The summed E-state index contributed by atoms with van der Waals surface area (Å²) >= 11 is 0. The maximum atomic E-state index is 5.86. The minimum Gasteiger partial charge on any atom is -0.377 e. The summed E-state index contributed by atoms with van der Waals surface area (Å²) in [4.78, 5) is 4.25. The van der Waals surface area contributed by atoms with E-state index in [4.69, 9.17) is 15.2 Å². The smallest absolute Gasteiger partial charge is 0.193 e.